The van der Waals surface area contributed by atoms with E-state index in [9.17, 15) is 19.1 Å². The highest BCUT2D eigenvalue weighted by atomic mass is 35.5. The van der Waals surface area contributed by atoms with Gasteiger partial charge in [0, 0.05) is 5.56 Å². The number of thiazole rings is 1. The van der Waals surface area contributed by atoms with Crippen molar-refractivity contribution in [3.63, 3.8) is 0 Å². The second-order valence-electron chi connectivity index (χ2n) is 7.82. The maximum absolute atomic E-state index is 13.7. The first kappa shape index (κ1) is 22.5. The number of benzene rings is 3. The predicted molar refractivity (Wildman–Crippen MR) is 132 cm³/mol. The number of Topliss-reactive ketones (excluding diaryl/α,β-unsaturated/α-hetero) is 1. The van der Waals surface area contributed by atoms with E-state index in [0.717, 1.165) is 16.9 Å². The molecule has 0 spiro atoms. The molecule has 170 valence electrons. The summed E-state index contributed by atoms with van der Waals surface area (Å²) in [6, 6.07) is 14.7. The fourth-order valence-electron chi connectivity index (χ4n) is 3.88. The minimum atomic E-state index is -1.01. The summed E-state index contributed by atoms with van der Waals surface area (Å²) in [7, 11) is 0. The summed E-state index contributed by atoms with van der Waals surface area (Å²) in [6.45, 7) is 1.90. The second-order valence-corrected chi connectivity index (χ2v) is 9.64. The van der Waals surface area contributed by atoms with E-state index in [1.165, 1.54) is 23.1 Å². The Morgan fingerprint density at radius 1 is 1.03 bits per heavy atom. The van der Waals surface area contributed by atoms with E-state index in [4.69, 9.17) is 23.2 Å². The zero-order valence-corrected chi connectivity index (χ0v) is 19.9. The van der Waals surface area contributed by atoms with E-state index in [1.54, 1.807) is 42.5 Å². The van der Waals surface area contributed by atoms with Crippen LogP contribution in [0.25, 0.3) is 16.0 Å². The molecule has 5 rings (SSSR count). The molecule has 0 radical (unpaired) electrons. The lowest BCUT2D eigenvalue weighted by Crippen LogP contribution is -2.29. The van der Waals surface area contributed by atoms with Crippen molar-refractivity contribution < 1.29 is 19.1 Å². The third kappa shape index (κ3) is 3.76. The van der Waals surface area contributed by atoms with Gasteiger partial charge in [-0.15, -0.1) is 0 Å². The Balaban J connectivity index is 1.74. The first-order chi connectivity index (χ1) is 16.2. The van der Waals surface area contributed by atoms with Crippen LogP contribution >= 0.6 is 34.5 Å². The molecule has 1 unspecified atom stereocenters. The number of fused-ring (bicyclic) bond motifs is 1. The average molecular weight is 513 g/mol. The van der Waals surface area contributed by atoms with E-state index < -0.39 is 23.5 Å². The van der Waals surface area contributed by atoms with Crippen molar-refractivity contribution in [1.82, 2.24) is 4.98 Å². The maximum atomic E-state index is 13.7. The molecule has 1 atom stereocenters. The van der Waals surface area contributed by atoms with Crippen LogP contribution < -0.4 is 4.90 Å². The van der Waals surface area contributed by atoms with E-state index in [-0.39, 0.29) is 21.5 Å². The fourth-order valence-corrected chi connectivity index (χ4v) is 5.21. The zero-order valence-electron chi connectivity index (χ0n) is 17.6. The normalized spacial score (nSPS) is 17.6. The number of hydrogen-bond donors (Lipinski definition) is 1. The third-order valence-electron chi connectivity index (χ3n) is 5.57. The number of carbonyl (C=O) groups excluding carboxylic acids is 2. The van der Waals surface area contributed by atoms with Crippen LogP contribution in [-0.4, -0.2) is 21.8 Å². The third-order valence-corrected chi connectivity index (χ3v) is 7.33. The Labute approximate surface area is 207 Å². The van der Waals surface area contributed by atoms with Gasteiger partial charge in [-0.05, 0) is 42.8 Å². The van der Waals surface area contributed by atoms with E-state index >= 15 is 0 Å². The van der Waals surface area contributed by atoms with Gasteiger partial charge in [0.05, 0.1) is 31.9 Å². The van der Waals surface area contributed by atoms with Gasteiger partial charge < -0.3 is 5.11 Å². The molecule has 2 heterocycles. The number of amides is 1. The minimum Gasteiger partial charge on any atom is -0.507 e. The van der Waals surface area contributed by atoms with E-state index in [2.05, 4.69) is 4.98 Å². The number of rotatable bonds is 3. The first-order valence-electron chi connectivity index (χ1n) is 10.1. The van der Waals surface area contributed by atoms with Gasteiger partial charge in [0.15, 0.2) is 5.13 Å². The summed E-state index contributed by atoms with van der Waals surface area (Å²) in [5, 5.41) is 11.9. The van der Waals surface area contributed by atoms with Crippen molar-refractivity contribution in [2.75, 3.05) is 4.90 Å². The molecule has 1 aliphatic rings. The van der Waals surface area contributed by atoms with Crippen molar-refractivity contribution in [1.29, 1.82) is 0 Å². The smallest absolute Gasteiger partial charge is 0.301 e. The number of carbonyl (C=O) groups is 2. The number of aromatic nitrogens is 1. The second kappa shape index (κ2) is 8.51. The monoisotopic (exact) mass is 512 g/mol. The van der Waals surface area contributed by atoms with E-state index in [1.807, 2.05) is 6.92 Å². The van der Waals surface area contributed by atoms with Gasteiger partial charge in [-0.1, -0.05) is 70.4 Å². The van der Waals surface area contributed by atoms with Crippen LogP contribution in [0, 0.1) is 12.7 Å². The highest BCUT2D eigenvalue weighted by Crippen LogP contribution is 2.45. The predicted octanol–water partition coefficient (Wildman–Crippen LogP) is 6.68. The summed E-state index contributed by atoms with van der Waals surface area (Å²) in [5.74, 6) is -2.47. The quantitative estimate of drug-likeness (QED) is 0.189. The molecule has 34 heavy (non-hydrogen) atoms. The number of aliphatic hydroxyl groups excluding tert-OH is 1. The van der Waals surface area contributed by atoms with Crippen molar-refractivity contribution in [2.24, 2.45) is 0 Å². The van der Waals surface area contributed by atoms with E-state index in [0.29, 0.717) is 26.4 Å². The molecular formula is C25H15Cl2FN2O3S. The van der Waals surface area contributed by atoms with Crippen molar-refractivity contribution in [3.8, 4) is 0 Å². The molecule has 9 heteroatoms. The molecule has 1 amide bonds. The lowest BCUT2D eigenvalue weighted by Gasteiger charge is -2.23. The molecule has 4 aromatic rings. The maximum Gasteiger partial charge on any atom is 0.301 e. The summed E-state index contributed by atoms with van der Waals surface area (Å²) >= 11 is 13.4. The fraction of sp³-hybridized carbons (Fsp3) is 0.0800. The van der Waals surface area contributed by atoms with Gasteiger partial charge in [0.25, 0.3) is 5.78 Å². The van der Waals surface area contributed by atoms with Gasteiger partial charge in [-0.3, -0.25) is 14.5 Å². The molecule has 0 aliphatic carbocycles. The Bertz CT molecular complexity index is 1510. The van der Waals surface area contributed by atoms with Crippen LogP contribution in [0.4, 0.5) is 9.52 Å². The zero-order chi connectivity index (χ0) is 24.1. The van der Waals surface area contributed by atoms with Crippen molar-refractivity contribution >= 4 is 67.3 Å². The van der Waals surface area contributed by atoms with Crippen LogP contribution in [-0.2, 0) is 9.59 Å². The van der Waals surface area contributed by atoms with Gasteiger partial charge in [-0.25, -0.2) is 9.37 Å². The summed E-state index contributed by atoms with van der Waals surface area (Å²) in [4.78, 5) is 32.1. The Morgan fingerprint density at radius 2 is 1.76 bits per heavy atom. The number of aryl methyl sites for hydroxylation is 1. The summed E-state index contributed by atoms with van der Waals surface area (Å²) in [6.07, 6.45) is 0. The Hall–Kier alpha value is -3.26. The Kier molecular flexibility index (Phi) is 5.64. The number of ketones is 1. The van der Waals surface area contributed by atoms with Crippen LogP contribution in [0.1, 0.15) is 22.7 Å². The number of nitrogens with zero attached hydrogens (tertiary/aromatic N) is 2. The average Bonchev–Trinajstić information content (AvgIpc) is 3.33. The van der Waals surface area contributed by atoms with Crippen LogP contribution in [0.5, 0.6) is 0 Å². The van der Waals surface area contributed by atoms with Gasteiger partial charge in [-0.2, -0.15) is 0 Å². The van der Waals surface area contributed by atoms with Gasteiger partial charge >= 0.3 is 5.91 Å². The van der Waals surface area contributed by atoms with Crippen LogP contribution in [0.2, 0.25) is 10.0 Å². The molecule has 0 bridgehead atoms. The summed E-state index contributed by atoms with van der Waals surface area (Å²) in [5.41, 5.74) is 2.21. The molecule has 0 saturated carbocycles. The van der Waals surface area contributed by atoms with Gasteiger partial charge in [0.1, 0.15) is 11.6 Å². The molecule has 5 nitrogen and oxygen atoms in total. The lowest BCUT2D eigenvalue weighted by atomic mass is 9.95. The topological polar surface area (TPSA) is 70.5 Å². The highest BCUT2D eigenvalue weighted by Gasteiger charge is 2.48. The minimum absolute atomic E-state index is 0.0994. The Morgan fingerprint density at radius 3 is 2.47 bits per heavy atom. The standard InChI is InChI=1S/C25H15Cl2FN2O3S/c1-12-2-4-13(5-3-12)22(31)20-21(14-6-8-16(26)17(27)10-14)30(24(33)23(20)32)25-29-18-9-7-15(28)11-19(18)34-25/h2-11,21,31H,1H3. The molecule has 1 aromatic heterocycles. The highest BCUT2D eigenvalue weighted by molar-refractivity contribution is 7.22. The molecule has 3 aromatic carbocycles. The molecule has 1 saturated heterocycles. The molecule has 1 N–H and O–H groups in total. The lowest BCUT2D eigenvalue weighted by molar-refractivity contribution is -0.132. The number of aliphatic hydroxyl groups is 1. The molecule has 1 aliphatic heterocycles. The summed E-state index contributed by atoms with van der Waals surface area (Å²) < 4.78 is 14.3. The largest absolute Gasteiger partial charge is 0.507 e. The SMILES string of the molecule is Cc1ccc(C(O)=C2C(=O)C(=O)N(c3nc4ccc(F)cc4s3)C2c2ccc(Cl)c(Cl)c2)cc1. The first-order valence-corrected chi connectivity index (χ1v) is 11.7. The van der Waals surface area contributed by atoms with Gasteiger partial charge in [0.2, 0.25) is 0 Å². The number of hydrogen-bond acceptors (Lipinski definition) is 5. The number of halogens is 3. The van der Waals surface area contributed by atoms with Crippen molar-refractivity contribution in [2.45, 2.75) is 13.0 Å². The number of anilines is 1. The van der Waals surface area contributed by atoms with Crippen molar-refractivity contribution in [3.05, 3.63) is 98.8 Å². The van der Waals surface area contributed by atoms with Crippen LogP contribution in [0.3, 0.4) is 0 Å². The molecule has 1 fully saturated rings. The molecular weight excluding hydrogens is 498 g/mol. The van der Waals surface area contributed by atoms with Crippen LogP contribution in [0.15, 0.2) is 66.2 Å².